The van der Waals surface area contributed by atoms with Gasteiger partial charge in [-0.15, -0.1) is 0 Å². The second-order valence-corrected chi connectivity index (χ2v) is 3.15. The Morgan fingerprint density at radius 1 is 1.38 bits per heavy atom. The molecule has 7 heteroatoms. The summed E-state index contributed by atoms with van der Waals surface area (Å²) >= 11 is 5.37. The monoisotopic (exact) mass is 256 g/mol. The maximum Gasteiger partial charge on any atom is 0.454 e. The van der Waals surface area contributed by atoms with Crippen LogP contribution in [0.4, 0.5) is 17.6 Å². The smallest absolute Gasteiger partial charge is 0.454 e. The van der Waals surface area contributed by atoms with Crippen LogP contribution in [0.15, 0.2) is 12.1 Å². The molecular weight excluding hydrogens is 252 g/mol. The lowest BCUT2D eigenvalue weighted by Crippen LogP contribution is -2.23. The topological polar surface area (TPSA) is 26.3 Å². The lowest BCUT2D eigenvalue weighted by molar-refractivity contribution is -0.0887. The number of benzene rings is 1. The van der Waals surface area contributed by atoms with Crippen molar-refractivity contribution in [3.05, 3.63) is 28.5 Å². The minimum Gasteiger partial charge on any atom is -0.495 e. The van der Waals surface area contributed by atoms with Crippen LogP contribution in [0.3, 0.4) is 0 Å². The maximum atomic E-state index is 13.3. The summed E-state index contributed by atoms with van der Waals surface area (Å²) in [5.41, 5.74) is -1.13. The number of alkyl halides is 3. The first kappa shape index (κ1) is 12.8. The Bertz CT molecular complexity index is 428. The molecule has 88 valence electrons. The summed E-state index contributed by atoms with van der Waals surface area (Å²) in [5, 5.41) is -0.655. The zero-order chi connectivity index (χ0) is 12.5. The van der Waals surface area contributed by atoms with E-state index in [0.717, 1.165) is 6.07 Å². The summed E-state index contributed by atoms with van der Waals surface area (Å²) in [7, 11) is 1.17. The number of hydrogen-bond donors (Lipinski definition) is 0. The molecule has 0 amide bonds. The maximum absolute atomic E-state index is 13.3. The van der Waals surface area contributed by atoms with E-state index in [9.17, 15) is 22.4 Å². The van der Waals surface area contributed by atoms with Crippen molar-refractivity contribution in [1.82, 2.24) is 0 Å². The first-order valence-electron chi connectivity index (χ1n) is 3.92. The van der Waals surface area contributed by atoms with Gasteiger partial charge in [-0.05, 0) is 12.1 Å². The number of rotatable bonds is 2. The fourth-order valence-corrected chi connectivity index (χ4v) is 1.26. The van der Waals surface area contributed by atoms with E-state index in [4.69, 9.17) is 11.6 Å². The Balaban J connectivity index is 3.28. The van der Waals surface area contributed by atoms with Crippen LogP contribution >= 0.6 is 11.6 Å². The molecule has 0 fully saturated rings. The SMILES string of the molecule is COc1ccc(C(=O)C(F)(F)F)c(F)c1Cl. The molecule has 0 aliphatic rings. The molecule has 1 aromatic carbocycles. The third-order valence-electron chi connectivity index (χ3n) is 1.77. The number of carbonyl (C=O) groups is 1. The van der Waals surface area contributed by atoms with E-state index < -0.39 is 28.4 Å². The molecule has 2 nitrogen and oxygen atoms in total. The lowest BCUT2D eigenvalue weighted by atomic mass is 10.1. The van der Waals surface area contributed by atoms with Crippen molar-refractivity contribution in [2.75, 3.05) is 7.11 Å². The van der Waals surface area contributed by atoms with Crippen LogP contribution < -0.4 is 4.74 Å². The Labute approximate surface area is 92.8 Å². The predicted octanol–water partition coefficient (Wildman–Crippen LogP) is 3.23. The van der Waals surface area contributed by atoms with E-state index >= 15 is 0 Å². The number of methoxy groups -OCH3 is 1. The molecule has 0 N–H and O–H groups in total. The molecule has 0 aromatic heterocycles. The summed E-state index contributed by atoms with van der Waals surface area (Å²) in [6, 6.07) is 1.67. The van der Waals surface area contributed by atoms with Gasteiger partial charge in [-0.25, -0.2) is 4.39 Å². The molecule has 0 radical (unpaired) electrons. The number of ether oxygens (including phenoxy) is 1. The number of hydrogen-bond acceptors (Lipinski definition) is 2. The molecule has 0 bridgehead atoms. The largest absolute Gasteiger partial charge is 0.495 e. The van der Waals surface area contributed by atoms with Crippen LogP contribution in [-0.4, -0.2) is 19.1 Å². The van der Waals surface area contributed by atoms with Gasteiger partial charge in [-0.1, -0.05) is 11.6 Å². The summed E-state index contributed by atoms with van der Waals surface area (Å²) in [6.45, 7) is 0. The highest BCUT2D eigenvalue weighted by molar-refractivity contribution is 6.32. The Hall–Kier alpha value is -1.30. The first-order valence-corrected chi connectivity index (χ1v) is 4.30. The minimum absolute atomic E-state index is 0.141. The first-order chi connectivity index (χ1) is 7.29. The van der Waals surface area contributed by atoms with Gasteiger partial charge in [-0.2, -0.15) is 13.2 Å². The highest BCUT2D eigenvalue weighted by Gasteiger charge is 2.41. The molecular formula is C9H5ClF4O2. The van der Waals surface area contributed by atoms with Crippen molar-refractivity contribution in [1.29, 1.82) is 0 Å². The van der Waals surface area contributed by atoms with Crippen molar-refractivity contribution in [3.63, 3.8) is 0 Å². The molecule has 0 saturated carbocycles. The molecule has 0 aliphatic carbocycles. The van der Waals surface area contributed by atoms with E-state index in [-0.39, 0.29) is 5.75 Å². The van der Waals surface area contributed by atoms with E-state index in [0.29, 0.717) is 6.07 Å². The number of Topliss-reactive ketones (excluding diaryl/α,β-unsaturated/α-hetero) is 1. The normalized spacial score (nSPS) is 11.4. The van der Waals surface area contributed by atoms with Gasteiger partial charge in [-0.3, -0.25) is 4.79 Å². The van der Waals surface area contributed by atoms with E-state index in [1.807, 2.05) is 0 Å². The molecule has 16 heavy (non-hydrogen) atoms. The molecule has 0 atom stereocenters. The van der Waals surface area contributed by atoms with Crippen molar-refractivity contribution < 1.29 is 27.1 Å². The molecule has 0 spiro atoms. The van der Waals surface area contributed by atoms with Crippen LogP contribution in [0, 0.1) is 5.82 Å². The van der Waals surface area contributed by atoms with Crippen LogP contribution in [0.1, 0.15) is 10.4 Å². The number of carbonyl (C=O) groups excluding carboxylic acids is 1. The Kier molecular flexibility index (Phi) is 3.42. The highest BCUT2D eigenvalue weighted by atomic mass is 35.5. The lowest BCUT2D eigenvalue weighted by Gasteiger charge is -2.09. The highest BCUT2D eigenvalue weighted by Crippen LogP contribution is 2.32. The number of halogens is 5. The van der Waals surface area contributed by atoms with Crippen molar-refractivity contribution >= 4 is 17.4 Å². The Morgan fingerprint density at radius 2 is 1.94 bits per heavy atom. The van der Waals surface area contributed by atoms with Crippen LogP contribution in [0.5, 0.6) is 5.75 Å². The van der Waals surface area contributed by atoms with Gasteiger partial charge in [0, 0.05) is 0 Å². The minimum atomic E-state index is -5.14. The van der Waals surface area contributed by atoms with Crippen LogP contribution in [0.25, 0.3) is 0 Å². The zero-order valence-electron chi connectivity index (χ0n) is 7.86. The van der Waals surface area contributed by atoms with Gasteiger partial charge in [0.25, 0.3) is 5.78 Å². The molecule has 0 heterocycles. The fraction of sp³-hybridized carbons (Fsp3) is 0.222. The zero-order valence-corrected chi connectivity index (χ0v) is 8.62. The second kappa shape index (κ2) is 4.29. The fourth-order valence-electron chi connectivity index (χ4n) is 1.02. The molecule has 0 unspecified atom stereocenters. The third-order valence-corrected chi connectivity index (χ3v) is 2.12. The summed E-state index contributed by atoms with van der Waals surface area (Å²) in [6.07, 6.45) is -5.14. The van der Waals surface area contributed by atoms with E-state index in [1.54, 1.807) is 0 Å². The standard InChI is InChI=1S/C9H5ClF4O2/c1-16-5-3-2-4(7(11)6(5)10)8(15)9(12,13)14/h2-3H,1H3. The quantitative estimate of drug-likeness (QED) is 0.600. The third kappa shape index (κ3) is 2.27. The second-order valence-electron chi connectivity index (χ2n) is 2.77. The van der Waals surface area contributed by atoms with Crippen LogP contribution in [-0.2, 0) is 0 Å². The van der Waals surface area contributed by atoms with Gasteiger partial charge >= 0.3 is 6.18 Å². The van der Waals surface area contributed by atoms with Crippen molar-refractivity contribution in [2.24, 2.45) is 0 Å². The van der Waals surface area contributed by atoms with Gasteiger partial charge in [0.1, 0.15) is 10.8 Å². The summed E-state index contributed by atoms with van der Waals surface area (Å²) in [4.78, 5) is 10.8. The summed E-state index contributed by atoms with van der Waals surface area (Å²) in [5.74, 6) is -3.87. The van der Waals surface area contributed by atoms with Gasteiger partial charge in [0.2, 0.25) is 0 Å². The molecule has 1 rings (SSSR count). The van der Waals surface area contributed by atoms with E-state index in [1.165, 1.54) is 7.11 Å². The predicted molar refractivity (Wildman–Crippen MR) is 48.3 cm³/mol. The number of ketones is 1. The van der Waals surface area contributed by atoms with Crippen molar-refractivity contribution in [2.45, 2.75) is 6.18 Å². The van der Waals surface area contributed by atoms with Gasteiger partial charge < -0.3 is 4.74 Å². The Morgan fingerprint density at radius 3 is 2.38 bits per heavy atom. The van der Waals surface area contributed by atoms with Gasteiger partial charge in [0.15, 0.2) is 5.82 Å². The molecule has 0 aliphatic heterocycles. The average Bonchev–Trinajstić information content (AvgIpc) is 2.20. The van der Waals surface area contributed by atoms with Crippen LogP contribution in [0.2, 0.25) is 5.02 Å². The molecule has 0 saturated heterocycles. The van der Waals surface area contributed by atoms with Gasteiger partial charge in [0.05, 0.1) is 12.7 Å². The van der Waals surface area contributed by atoms with Crippen molar-refractivity contribution in [3.8, 4) is 5.75 Å². The average molecular weight is 257 g/mol. The molecule has 1 aromatic rings. The summed E-state index contributed by atoms with van der Waals surface area (Å²) < 4.78 is 54.0. The van der Waals surface area contributed by atoms with E-state index in [2.05, 4.69) is 4.74 Å².